The standard InChI is InChI=1S/C19H19ClN2O/c1-22-18-7-5-12(9-13(18)6-8-19(22)23)15-10-21-11-16-14(15)3-2-4-17(16)20/h5,7,9-11,17H,2-4,6,8H2,1H3/t17-/m0/s1. The zero-order valence-electron chi connectivity index (χ0n) is 13.2. The molecule has 4 heteroatoms. The van der Waals surface area contributed by atoms with Crippen LogP contribution in [0.5, 0.6) is 0 Å². The third-order valence-electron chi connectivity index (χ3n) is 5.05. The second-order valence-electron chi connectivity index (χ2n) is 6.41. The van der Waals surface area contributed by atoms with Crippen molar-refractivity contribution in [3.8, 4) is 11.1 Å². The third-order valence-corrected chi connectivity index (χ3v) is 5.50. The van der Waals surface area contributed by atoms with Gasteiger partial charge in [0.05, 0.1) is 5.38 Å². The van der Waals surface area contributed by atoms with Crippen LogP contribution in [0.15, 0.2) is 30.6 Å². The number of aryl methyl sites for hydroxylation is 1. The number of carbonyl (C=O) groups is 1. The summed E-state index contributed by atoms with van der Waals surface area (Å²) in [4.78, 5) is 18.0. The first-order chi connectivity index (χ1) is 11.1. The molecule has 2 aliphatic rings. The van der Waals surface area contributed by atoms with Gasteiger partial charge in [0.2, 0.25) is 5.91 Å². The molecule has 1 aromatic carbocycles. The molecular weight excluding hydrogens is 308 g/mol. The molecule has 1 aliphatic heterocycles. The molecule has 2 heterocycles. The Morgan fingerprint density at radius 1 is 1.22 bits per heavy atom. The van der Waals surface area contributed by atoms with Crippen LogP contribution in [0.25, 0.3) is 11.1 Å². The summed E-state index contributed by atoms with van der Waals surface area (Å²) in [5.74, 6) is 0.189. The highest BCUT2D eigenvalue weighted by Gasteiger charge is 2.24. The molecule has 0 spiro atoms. The maximum absolute atomic E-state index is 11.8. The first-order valence-corrected chi connectivity index (χ1v) is 8.59. The van der Waals surface area contributed by atoms with Gasteiger partial charge in [0.15, 0.2) is 0 Å². The van der Waals surface area contributed by atoms with Gasteiger partial charge in [-0.3, -0.25) is 9.78 Å². The lowest BCUT2D eigenvalue weighted by Gasteiger charge is -2.27. The molecule has 0 unspecified atom stereocenters. The maximum atomic E-state index is 11.8. The summed E-state index contributed by atoms with van der Waals surface area (Å²) < 4.78 is 0. The van der Waals surface area contributed by atoms with E-state index in [4.69, 9.17) is 11.6 Å². The maximum Gasteiger partial charge on any atom is 0.227 e. The quantitative estimate of drug-likeness (QED) is 0.733. The highest BCUT2D eigenvalue weighted by atomic mass is 35.5. The van der Waals surface area contributed by atoms with Gasteiger partial charge >= 0.3 is 0 Å². The van der Waals surface area contributed by atoms with Gasteiger partial charge in [-0.25, -0.2) is 0 Å². The number of halogens is 1. The van der Waals surface area contributed by atoms with Crippen LogP contribution in [0.1, 0.15) is 41.3 Å². The summed E-state index contributed by atoms with van der Waals surface area (Å²) >= 11 is 6.47. The van der Waals surface area contributed by atoms with E-state index >= 15 is 0 Å². The summed E-state index contributed by atoms with van der Waals surface area (Å²) in [6, 6.07) is 6.37. The van der Waals surface area contributed by atoms with Crippen LogP contribution in [-0.2, 0) is 17.6 Å². The molecule has 0 bridgehead atoms. The van der Waals surface area contributed by atoms with E-state index in [2.05, 4.69) is 23.2 Å². The van der Waals surface area contributed by atoms with Crippen LogP contribution < -0.4 is 4.90 Å². The Morgan fingerprint density at radius 2 is 2.09 bits per heavy atom. The summed E-state index contributed by atoms with van der Waals surface area (Å²) in [6.07, 6.45) is 8.48. The van der Waals surface area contributed by atoms with Gasteiger partial charge in [0.1, 0.15) is 0 Å². The first-order valence-electron chi connectivity index (χ1n) is 8.16. The van der Waals surface area contributed by atoms with Crippen LogP contribution in [0.2, 0.25) is 0 Å². The number of alkyl halides is 1. The Labute approximate surface area is 141 Å². The first kappa shape index (κ1) is 14.7. The van der Waals surface area contributed by atoms with E-state index in [1.807, 2.05) is 19.4 Å². The molecule has 1 aromatic heterocycles. The van der Waals surface area contributed by atoms with Crippen LogP contribution in [-0.4, -0.2) is 17.9 Å². The van der Waals surface area contributed by atoms with Gasteiger partial charge in [-0.2, -0.15) is 0 Å². The molecule has 0 radical (unpaired) electrons. The fourth-order valence-electron chi connectivity index (χ4n) is 3.74. The summed E-state index contributed by atoms with van der Waals surface area (Å²) in [5, 5.41) is 0.0765. The Bertz CT molecular complexity index is 787. The Hall–Kier alpha value is -1.87. The number of benzene rings is 1. The molecule has 118 valence electrons. The summed E-state index contributed by atoms with van der Waals surface area (Å²) in [6.45, 7) is 0. The fraction of sp³-hybridized carbons (Fsp3) is 0.368. The fourth-order valence-corrected chi connectivity index (χ4v) is 4.08. The number of hydrogen-bond acceptors (Lipinski definition) is 2. The van der Waals surface area contributed by atoms with E-state index in [1.165, 1.54) is 27.8 Å². The van der Waals surface area contributed by atoms with Gasteiger partial charge in [-0.05, 0) is 60.1 Å². The highest BCUT2D eigenvalue weighted by Crippen LogP contribution is 2.40. The molecule has 3 nitrogen and oxygen atoms in total. The lowest BCUT2D eigenvalue weighted by Crippen LogP contribution is -2.31. The second-order valence-corrected chi connectivity index (χ2v) is 6.94. The number of anilines is 1. The minimum absolute atomic E-state index is 0.0765. The van der Waals surface area contributed by atoms with Gasteiger partial charge < -0.3 is 4.90 Å². The smallest absolute Gasteiger partial charge is 0.227 e. The normalized spacial score (nSPS) is 20.2. The molecule has 0 fully saturated rings. The average molecular weight is 327 g/mol. The molecule has 0 saturated heterocycles. The minimum atomic E-state index is 0.0765. The van der Waals surface area contributed by atoms with Gasteiger partial charge in [-0.15, -0.1) is 11.6 Å². The molecule has 2 aromatic rings. The minimum Gasteiger partial charge on any atom is -0.315 e. The topological polar surface area (TPSA) is 33.2 Å². The predicted octanol–water partition coefficient (Wildman–Crippen LogP) is 4.27. The van der Waals surface area contributed by atoms with Crippen LogP contribution in [0.4, 0.5) is 5.69 Å². The number of hydrogen-bond donors (Lipinski definition) is 0. The van der Waals surface area contributed by atoms with Crippen LogP contribution in [0, 0.1) is 0 Å². The lowest BCUT2D eigenvalue weighted by atomic mass is 9.86. The van der Waals surface area contributed by atoms with Crippen molar-refractivity contribution in [2.24, 2.45) is 0 Å². The van der Waals surface area contributed by atoms with Gasteiger partial charge in [0, 0.05) is 37.1 Å². The Balaban J connectivity index is 1.81. The van der Waals surface area contributed by atoms with Crippen LogP contribution >= 0.6 is 11.6 Å². The molecule has 23 heavy (non-hydrogen) atoms. The Morgan fingerprint density at radius 3 is 2.96 bits per heavy atom. The average Bonchev–Trinajstić information content (AvgIpc) is 2.58. The Kier molecular flexibility index (Phi) is 3.61. The van der Waals surface area contributed by atoms with E-state index in [-0.39, 0.29) is 11.3 Å². The highest BCUT2D eigenvalue weighted by molar-refractivity contribution is 6.21. The largest absolute Gasteiger partial charge is 0.315 e. The third kappa shape index (κ3) is 2.43. The van der Waals surface area contributed by atoms with Crippen molar-refractivity contribution < 1.29 is 4.79 Å². The number of aromatic nitrogens is 1. The molecule has 1 atom stereocenters. The second kappa shape index (κ2) is 5.64. The molecular formula is C19H19ClN2O. The summed E-state index contributed by atoms with van der Waals surface area (Å²) in [7, 11) is 1.85. The van der Waals surface area contributed by atoms with Crippen molar-refractivity contribution in [2.45, 2.75) is 37.5 Å². The molecule has 0 saturated carbocycles. The molecule has 4 rings (SSSR count). The van der Waals surface area contributed by atoms with Crippen molar-refractivity contribution in [1.29, 1.82) is 0 Å². The molecule has 1 aliphatic carbocycles. The molecule has 0 N–H and O–H groups in total. The SMILES string of the molecule is CN1C(=O)CCc2cc(-c3cncc4c3CCC[C@@H]4Cl)ccc21. The van der Waals surface area contributed by atoms with Gasteiger partial charge in [-0.1, -0.05) is 6.07 Å². The van der Waals surface area contributed by atoms with E-state index in [0.29, 0.717) is 6.42 Å². The van der Waals surface area contributed by atoms with Crippen molar-refractivity contribution in [3.63, 3.8) is 0 Å². The number of carbonyl (C=O) groups excluding carboxylic acids is 1. The lowest BCUT2D eigenvalue weighted by molar-refractivity contribution is -0.118. The van der Waals surface area contributed by atoms with Crippen LogP contribution in [0.3, 0.4) is 0 Å². The van der Waals surface area contributed by atoms with Crippen molar-refractivity contribution in [3.05, 3.63) is 47.3 Å². The zero-order valence-corrected chi connectivity index (χ0v) is 13.9. The number of fused-ring (bicyclic) bond motifs is 2. The monoisotopic (exact) mass is 326 g/mol. The van der Waals surface area contributed by atoms with E-state index in [9.17, 15) is 4.79 Å². The predicted molar refractivity (Wildman–Crippen MR) is 92.9 cm³/mol. The van der Waals surface area contributed by atoms with Gasteiger partial charge in [0.25, 0.3) is 0 Å². The number of pyridine rings is 1. The van der Waals surface area contributed by atoms with Crippen molar-refractivity contribution in [2.75, 3.05) is 11.9 Å². The van der Waals surface area contributed by atoms with Crippen molar-refractivity contribution in [1.82, 2.24) is 4.98 Å². The van der Waals surface area contributed by atoms with E-state index in [0.717, 1.165) is 31.4 Å². The molecule has 1 amide bonds. The number of amides is 1. The zero-order chi connectivity index (χ0) is 16.0. The number of rotatable bonds is 1. The number of nitrogens with zero attached hydrogens (tertiary/aromatic N) is 2. The van der Waals surface area contributed by atoms with E-state index in [1.54, 1.807) is 4.90 Å². The van der Waals surface area contributed by atoms with Crippen molar-refractivity contribution >= 4 is 23.2 Å². The summed E-state index contributed by atoms with van der Waals surface area (Å²) in [5.41, 5.74) is 7.15. The van der Waals surface area contributed by atoms with E-state index < -0.39 is 0 Å².